The van der Waals surface area contributed by atoms with Crippen molar-refractivity contribution in [3.8, 4) is 5.75 Å². The monoisotopic (exact) mass is 494 g/mol. The molecule has 2 aliphatic rings. The van der Waals surface area contributed by atoms with Crippen molar-refractivity contribution >= 4 is 17.4 Å². The Labute approximate surface area is 204 Å². The summed E-state index contributed by atoms with van der Waals surface area (Å²) in [5.74, 6) is -1.46. The number of ketones is 1. The number of aliphatic hydroxyl groups is 1. The predicted molar refractivity (Wildman–Crippen MR) is 124 cm³/mol. The summed E-state index contributed by atoms with van der Waals surface area (Å²) < 4.78 is 45.4. The lowest BCUT2D eigenvalue weighted by molar-refractivity contribution is -0.140. The van der Waals surface area contributed by atoms with E-state index in [0.29, 0.717) is 23.5 Å². The lowest BCUT2D eigenvalue weighted by atomic mass is 9.94. The standard InChI is InChI=1S/C27H21F3N2O4/c28-27(29,30)20-5-1-3-16(13-20)15-32-23(17-8-10-31-11-9-17)22(25(34)26(32)35)24(33)19-6-7-21-18(14-19)4-2-12-36-21/h1,3,5-11,13-14,23,33H,2,4,12,15H2/b24-22-. The number of hydrogen-bond acceptors (Lipinski definition) is 5. The molecule has 6 nitrogen and oxygen atoms in total. The van der Waals surface area contributed by atoms with Gasteiger partial charge in [0, 0.05) is 24.5 Å². The number of likely N-dealkylation sites (tertiary alicyclic amines) is 1. The summed E-state index contributed by atoms with van der Waals surface area (Å²) in [6, 6.07) is 11.9. The van der Waals surface area contributed by atoms with Gasteiger partial charge in [-0.15, -0.1) is 0 Å². The number of Topliss-reactive ketones (excluding diaryl/α,β-unsaturated/α-hetero) is 1. The minimum absolute atomic E-state index is 0.130. The first-order chi connectivity index (χ1) is 17.2. The Kier molecular flexibility index (Phi) is 5.99. The molecule has 36 heavy (non-hydrogen) atoms. The molecule has 0 radical (unpaired) electrons. The highest BCUT2D eigenvalue weighted by atomic mass is 19.4. The molecule has 1 fully saturated rings. The Bertz CT molecular complexity index is 1370. The van der Waals surface area contributed by atoms with Gasteiger partial charge in [0.15, 0.2) is 0 Å². The average molecular weight is 494 g/mol. The van der Waals surface area contributed by atoms with E-state index in [0.717, 1.165) is 30.5 Å². The second-order valence-corrected chi connectivity index (χ2v) is 8.68. The number of carbonyl (C=O) groups is 2. The largest absolute Gasteiger partial charge is 0.507 e. The Morgan fingerprint density at radius 3 is 2.61 bits per heavy atom. The Balaban J connectivity index is 1.60. The number of carbonyl (C=O) groups excluding carboxylic acids is 2. The highest BCUT2D eigenvalue weighted by Crippen LogP contribution is 2.41. The van der Waals surface area contributed by atoms with E-state index in [2.05, 4.69) is 4.98 Å². The highest BCUT2D eigenvalue weighted by Gasteiger charge is 2.46. The molecule has 3 aromatic rings. The van der Waals surface area contributed by atoms with Gasteiger partial charge in [-0.3, -0.25) is 14.6 Å². The van der Waals surface area contributed by atoms with Gasteiger partial charge in [0.25, 0.3) is 11.7 Å². The molecule has 1 amide bonds. The number of benzene rings is 2. The molecule has 1 saturated heterocycles. The molecular formula is C27H21F3N2O4. The quantitative estimate of drug-likeness (QED) is 0.312. The Hall–Kier alpha value is -4.14. The molecule has 0 aliphatic carbocycles. The average Bonchev–Trinajstić information content (AvgIpc) is 3.13. The van der Waals surface area contributed by atoms with Crippen LogP contribution >= 0.6 is 0 Å². The number of pyridine rings is 1. The fraction of sp³-hybridized carbons (Fsp3) is 0.222. The van der Waals surface area contributed by atoms with E-state index in [9.17, 15) is 27.9 Å². The van der Waals surface area contributed by atoms with Gasteiger partial charge in [-0.05, 0) is 72.0 Å². The molecule has 1 unspecified atom stereocenters. The molecule has 1 N–H and O–H groups in total. The minimum Gasteiger partial charge on any atom is -0.507 e. The summed E-state index contributed by atoms with van der Waals surface area (Å²) in [5, 5.41) is 11.3. The third-order valence-electron chi connectivity index (χ3n) is 6.35. The third kappa shape index (κ3) is 4.32. The number of alkyl halides is 3. The van der Waals surface area contributed by atoms with E-state index in [-0.39, 0.29) is 23.4 Å². The first-order valence-electron chi connectivity index (χ1n) is 11.3. The Morgan fingerprint density at radius 2 is 1.86 bits per heavy atom. The molecule has 5 rings (SSSR count). The van der Waals surface area contributed by atoms with E-state index in [1.807, 2.05) is 0 Å². The van der Waals surface area contributed by atoms with Crippen LogP contribution in [-0.4, -0.2) is 33.3 Å². The maximum Gasteiger partial charge on any atom is 0.416 e. The lowest BCUT2D eigenvalue weighted by Gasteiger charge is -2.25. The number of ether oxygens (including phenoxy) is 1. The maximum absolute atomic E-state index is 13.2. The Morgan fingerprint density at radius 1 is 1.08 bits per heavy atom. The molecule has 184 valence electrons. The number of rotatable bonds is 4. The molecule has 2 aliphatic heterocycles. The zero-order valence-corrected chi connectivity index (χ0v) is 19.0. The number of fused-ring (bicyclic) bond motifs is 1. The second kappa shape index (κ2) is 9.14. The lowest BCUT2D eigenvalue weighted by Crippen LogP contribution is -2.29. The number of halogens is 3. The van der Waals surface area contributed by atoms with Crippen molar-refractivity contribution in [1.29, 1.82) is 0 Å². The van der Waals surface area contributed by atoms with Crippen molar-refractivity contribution < 1.29 is 32.6 Å². The normalized spacial score (nSPS) is 19.2. The van der Waals surface area contributed by atoms with Crippen molar-refractivity contribution in [2.45, 2.75) is 31.6 Å². The summed E-state index contributed by atoms with van der Waals surface area (Å²) in [6.07, 6.45) is -0.0273. The fourth-order valence-corrected chi connectivity index (χ4v) is 4.64. The SMILES string of the molecule is O=C1C(=O)N(Cc2cccc(C(F)(F)F)c2)C(c2ccncc2)/C1=C(/O)c1ccc2c(c1)CCCO2. The van der Waals surface area contributed by atoms with Crippen LogP contribution in [0.5, 0.6) is 5.75 Å². The smallest absolute Gasteiger partial charge is 0.416 e. The van der Waals surface area contributed by atoms with Crippen molar-refractivity contribution in [3.05, 3.63) is 100 Å². The maximum atomic E-state index is 13.2. The summed E-state index contributed by atoms with van der Waals surface area (Å²) in [4.78, 5) is 31.5. The molecule has 1 aromatic heterocycles. The second-order valence-electron chi connectivity index (χ2n) is 8.68. The van der Waals surface area contributed by atoms with Gasteiger partial charge < -0.3 is 14.7 Å². The molecule has 2 aromatic carbocycles. The number of aliphatic hydroxyl groups excluding tert-OH is 1. The third-order valence-corrected chi connectivity index (χ3v) is 6.35. The first kappa shape index (κ1) is 23.6. The number of aryl methyl sites for hydroxylation is 1. The number of nitrogens with zero attached hydrogens (tertiary/aromatic N) is 2. The highest BCUT2D eigenvalue weighted by molar-refractivity contribution is 6.46. The van der Waals surface area contributed by atoms with E-state index in [4.69, 9.17) is 4.74 Å². The molecule has 0 bridgehead atoms. The molecular weight excluding hydrogens is 473 g/mol. The first-order valence-corrected chi connectivity index (χ1v) is 11.3. The van der Waals surface area contributed by atoms with Crippen LogP contribution in [0.3, 0.4) is 0 Å². The molecule has 9 heteroatoms. The van der Waals surface area contributed by atoms with E-state index in [1.165, 1.54) is 29.4 Å². The van der Waals surface area contributed by atoms with Gasteiger partial charge in [-0.2, -0.15) is 13.2 Å². The molecule has 1 atom stereocenters. The van der Waals surface area contributed by atoms with Crippen molar-refractivity contribution in [1.82, 2.24) is 9.88 Å². The number of amides is 1. The van der Waals surface area contributed by atoms with Crippen molar-refractivity contribution in [2.24, 2.45) is 0 Å². The van der Waals surface area contributed by atoms with Gasteiger partial charge in [0.05, 0.1) is 23.8 Å². The summed E-state index contributed by atoms with van der Waals surface area (Å²) in [6.45, 7) is 0.345. The van der Waals surface area contributed by atoms with Crippen LogP contribution < -0.4 is 4.74 Å². The summed E-state index contributed by atoms with van der Waals surface area (Å²) in [5.41, 5.74) is 0.957. The zero-order chi connectivity index (χ0) is 25.4. The van der Waals surface area contributed by atoms with Crippen LogP contribution in [0.4, 0.5) is 13.2 Å². The molecule has 3 heterocycles. The molecule has 0 spiro atoms. The van der Waals surface area contributed by atoms with Crippen LogP contribution in [-0.2, 0) is 28.7 Å². The van der Waals surface area contributed by atoms with Gasteiger partial charge in [0.1, 0.15) is 11.5 Å². The van der Waals surface area contributed by atoms with Crippen molar-refractivity contribution in [2.75, 3.05) is 6.61 Å². The number of aromatic nitrogens is 1. The fourth-order valence-electron chi connectivity index (χ4n) is 4.64. The van der Waals surface area contributed by atoms with E-state index < -0.39 is 29.5 Å². The number of hydrogen-bond donors (Lipinski definition) is 1. The van der Waals surface area contributed by atoms with Crippen LogP contribution in [0.2, 0.25) is 0 Å². The topological polar surface area (TPSA) is 79.7 Å². The zero-order valence-electron chi connectivity index (χ0n) is 19.0. The van der Waals surface area contributed by atoms with E-state index in [1.54, 1.807) is 30.3 Å². The van der Waals surface area contributed by atoms with Gasteiger partial charge >= 0.3 is 6.18 Å². The van der Waals surface area contributed by atoms with Crippen LogP contribution in [0.15, 0.2) is 72.6 Å². The molecule has 0 saturated carbocycles. The van der Waals surface area contributed by atoms with Gasteiger partial charge in [0.2, 0.25) is 0 Å². The van der Waals surface area contributed by atoms with Crippen LogP contribution in [0.1, 0.15) is 40.3 Å². The van der Waals surface area contributed by atoms with Gasteiger partial charge in [-0.25, -0.2) is 0 Å². The van der Waals surface area contributed by atoms with E-state index >= 15 is 0 Å². The van der Waals surface area contributed by atoms with Crippen molar-refractivity contribution in [3.63, 3.8) is 0 Å². The minimum atomic E-state index is -4.55. The van der Waals surface area contributed by atoms with Gasteiger partial charge in [-0.1, -0.05) is 12.1 Å². The van der Waals surface area contributed by atoms with Crippen LogP contribution in [0.25, 0.3) is 5.76 Å². The summed E-state index contributed by atoms with van der Waals surface area (Å²) in [7, 11) is 0. The van der Waals surface area contributed by atoms with Crippen LogP contribution in [0, 0.1) is 0 Å². The summed E-state index contributed by atoms with van der Waals surface area (Å²) >= 11 is 0. The predicted octanol–water partition coefficient (Wildman–Crippen LogP) is 5.05.